The number of rotatable bonds is 5. The van der Waals surface area contributed by atoms with Crippen LogP contribution in [0.2, 0.25) is 0 Å². The van der Waals surface area contributed by atoms with Crippen molar-refractivity contribution in [3.05, 3.63) is 199 Å². The van der Waals surface area contributed by atoms with Crippen molar-refractivity contribution in [1.82, 2.24) is 24.1 Å². The molecule has 0 N–H and O–H groups in total. The quantitative estimate of drug-likeness (QED) is 0.176. The highest BCUT2D eigenvalue weighted by atomic mass is 15.2. The topological polar surface area (TPSA) is 48.5 Å². The van der Waals surface area contributed by atoms with Crippen molar-refractivity contribution >= 4 is 43.6 Å². The summed E-state index contributed by atoms with van der Waals surface area (Å²) < 4.78 is 4.68. The number of hydrogen-bond acceptors (Lipinski definition) is 3. The van der Waals surface area contributed by atoms with Crippen LogP contribution in [0, 0.1) is 0 Å². The summed E-state index contributed by atoms with van der Waals surface area (Å²) in [6.45, 7) is 4.68. The molecule has 0 aliphatic heterocycles. The van der Waals surface area contributed by atoms with E-state index in [0.29, 0.717) is 17.6 Å². The van der Waals surface area contributed by atoms with Crippen molar-refractivity contribution in [2.75, 3.05) is 0 Å². The molecule has 8 aromatic carbocycles. The van der Waals surface area contributed by atoms with Crippen molar-refractivity contribution in [3.8, 4) is 56.7 Å². The van der Waals surface area contributed by atoms with Gasteiger partial charge >= 0.3 is 0 Å². The molecule has 59 heavy (non-hydrogen) atoms. The molecular formula is C54H37N5. The van der Waals surface area contributed by atoms with Crippen LogP contribution in [0.25, 0.3) is 100 Å². The minimum atomic E-state index is -0.184. The van der Waals surface area contributed by atoms with Crippen molar-refractivity contribution < 1.29 is 0 Å². The maximum atomic E-state index is 5.27. The Labute approximate surface area is 341 Å². The second-order valence-electron chi connectivity index (χ2n) is 16.1. The van der Waals surface area contributed by atoms with E-state index < -0.39 is 0 Å². The molecule has 5 heteroatoms. The van der Waals surface area contributed by atoms with E-state index in [9.17, 15) is 0 Å². The van der Waals surface area contributed by atoms with Crippen LogP contribution in [0.5, 0.6) is 0 Å². The third kappa shape index (κ3) is 5.01. The lowest BCUT2D eigenvalue weighted by molar-refractivity contribution is 0.661. The average Bonchev–Trinajstić information content (AvgIpc) is 3.89. The lowest BCUT2D eigenvalue weighted by Gasteiger charge is -2.21. The second-order valence-corrected chi connectivity index (χ2v) is 16.1. The van der Waals surface area contributed by atoms with E-state index >= 15 is 0 Å². The van der Waals surface area contributed by atoms with Gasteiger partial charge in [0, 0.05) is 49.3 Å². The summed E-state index contributed by atoms with van der Waals surface area (Å²) in [6.07, 6.45) is 0. The van der Waals surface area contributed by atoms with Crippen LogP contribution in [0.15, 0.2) is 188 Å². The zero-order valence-corrected chi connectivity index (χ0v) is 32.6. The molecule has 0 spiro atoms. The van der Waals surface area contributed by atoms with Gasteiger partial charge < -0.3 is 4.57 Å². The monoisotopic (exact) mass is 755 g/mol. The molecule has 0 bridgehead atoms. The van der Waals surface area contributed by atoms with Gasteiger partial charge in [-0.15, -0.1) is 0 Å². The van der Waals surface area contributed by atoms with E-state index in [1.54, 1.807) is 0 Å². The van der Waals surface area contributed by atoms with Gasteiger partial charge in [-0.05, 0) is 70.3 Å². The molecule has 5 nitrogen and oxygen atoms in total. The number of hydrogen-bond donors (Lipinski definition) is 0. The summed E-state index contributed by atoms with van der Waals surface area (Å²) in [7, 11) is 0. The maximum absolute atomic E-state index is 5.27. The maximum Gasteiger partial charge on any atom is 0.238 e. The Morgan fingerprint density at radius 1 is 0.373 bits per heavy atom. The molecule has 3 aromatic heterocycles. The van der Waals surface area contributed by atoms with Gasteiger partial charge in [-0.2, -0.15) is 9.97 Å². The fraction of sp³-hybridized carbons (Fsp3) is 0.0556. The molecule has 12 rings (SSSR count). The summed E-state index contributed by atoms with van der Waals surface area (Å²) in [5.74, 6) is 1.86. The normalized spacial score (nSPS) is 13.1. The van der Waals surface area contributed by atoms with E-state index in [2.05, 4.69) is 175 Å². The van der Waals surface area contributed by atoms with E-state index in [0.717, 1.165) is 44.2 Å². The number of nitrogens with zero attached hydrogens (tertiary/aromatic N) is 5. The van der Waals surface area contributed by atoms with Crippen LogP contribution in [0.1, 0.15) is 25.0 Å². The third-order valence-corrected chi connectivity index (χ3v) is 12.4. The van der Waals surface area contributed by atoms with E-state index in [4.69, 9.17) is 15.0 Å². The van der Waals surface area contributed by atoms with Gasteiger partial charge in [-0.3, -0.25) is 4.57 Å². The fourth-order valence-electron chi connectivity index (χ4n) is 9.59. The van der Waals surface area contributed by atoms with Gasteiger partial charge in [-0.1, -0.05) is 159 Å². The van der Waals surface area contributed by atoms with Crippen LogP contribution in [0.4, 0.5) is 0 Å². The first-order valence-electron chi connectivity index (χ1n) is 20.2. The van der Waals surface area contributed by atoms with Gasteiger partial charge in [0.25, 0.3) is 0 Å². The molecule has 0 saturated heterocycles. The second kappa shape index (κ2) is 12.7. The third-order valence-electron chi connectivity index (χ3n) is 12.4. The first kappa shape index (κ1) is 33.5. The van der Waals surface area contributed by atoms with Crippen LogP contribution < -0.4 is 0 Å². The summed E-state index contributed by atoms with van der Waals surface area (Å²) in [6, 6.07) is 67.2. The van der Waals surface area contributed by atoms with E-state index in [1.807, 2.05) is 36.4 Å². The van der Waals surface area contributed by atoms with Crippen molar-refractivity contribution in [3.63, 3.8) is 0 Å². The molecule has 278 valence electrons. The zero-order chi connectivity index (χ0) is 39.2. The van der Waals surface area contributed by atoms with Crippen LogP contribution in [0.3, 0.4) is 0 Å². The predicted octanol–water partition coefficient (Wildman–Crippen LogP) is 13.4. The molecular weight excluding hydrogens is 719 g/mol. The Kier molecular flexibility index (Phi) is 7.20. The first-order chi connectivity index (χ1) is 29.0. The van der Waals surface area contributed by atoms with Gasteiger partial charge in [0.15, 0.2) is 11.6 Å². The highest BCUT2D eigenvalue weighted by molar-refractivity contribution is 6.16. The number of para-hydroxylation sites is 3. The Bertz CT molecular complexity index is 3390. The Balaban J connectivity index is 1.18. The van der Waals surface area contributed by atoms with Gasteiger partial charge in [0.2, 0.25) is 5.95 Å². The van der Waals surface area contributed by atoms with Crippen LogP contribution >= 0.6 is 0 Å². The average molecular weight is 756 g/mol. The standard InChI is InChI=1S/C54H37N5/c1-54(2)45-27-14-12-23-39(45)42-32-44-43-31-36(38-25-16-26-41-40-24-13-15-28-47(40)58(50(38)41)37-21-10-5-11-22-37)29-30-48(43)59(49(44)33-46(42)54)53-56-51(34-17-6-3-7-18-34)55-52(57-53)35-19-8-4-9-20-35/h3-33H,1-2H3. The lowest BCUT2D eigenvalue weighted by Crippen LogP contribution is -2.15. The Morgan fingerprint density at radius 2 is 0.966 bits per heavy atom. The first-order valence-corrected chi connectivity index (χ1v) is 20.2. The van der Waals surface area contributed by atoms with Gasteiger partial charge in [0.05, 0.1) is 22.1 Å². The van der Waals surface area contributed by atoms with Crippen molar-refractivity contribution in [2.45, 2.75) is 19.3 Å². The van der Waals surface area contributed by atoms with Gasteiger partial charge in [-0.25, -0.2) is 4.98 Å². The molecule has 0 fully saturated rings. The SMILES string of the molecule is CC1(C)c2ccccc2-c2cc3c4cc(-c5cccc6c7ccccc7n(-c7ccccc7)c56)ccc4n(-c4nc(-c5ccccc5)nc(-c5ccccc5)n4)c3cc21. The molecule has 0 unspecified atom stereocenters. The highest BCUT2D eigenvalue weighted by Crippen LogP contribution is 2.51. The molecule has 1 aliphatic rings. The molecule has 0 saturated carbocycles. The largest absolute Gasteiger partial charge is 0.309 e. The van der Waals surface area contributed by atoms with Crippen molar-refractivity contribution in [1.29, 1.82) is 0 Å². The summed E-state index contributed by atoms with van der Waals surface area (Å²) in [5, 5.41) is 4.77. The minimum Gasteiger partial charge on any atom is -0.309 e. The van der Waals surface area contributed by atoms with Crippen LogP contribution in [-0.4, -0.2) is 24.1 Å². The zero-order valence-electron chi connectivity index (χ0n) is 32.6. The lowest BCUT2D eigenvalue weighted by atomic mass is 9.82. The highest BCUT2D eigenvalue weighted by Gasteiger charge is 2.36. The molecule has 0 atom stereocenters. The Morgan fingerprint density at radius 3 is 1.71 bits per heavy atom. The van der Waals surface area contributed by atoms with Gasteiger partial charge in [0.1, 0.15) is 0 Å². The fourth-order valence-corrected chi connectivity index (χ4v) is 9.59. The summed E-state index contributed by atoms with van der Waals surface area (Å²) in [4.78, 5) is 15.6. The minimum absolute atomic E-state index is 0.184. The molecule has 0 radical (unpaired) electrons. The molecule has 3 heterocycles. The summed E-state index contributed by atoms with van der Waals surface area (Å²) >= 11 is 0. The molecule has 11 aromatic rings. The van der Waals surface area contributed by atoms with Crippen LogP contribution in [-0.2, 0) is 5.41 Å². The smallest absolute Gasteiger partial charge is 0.238 e. The Hall–Kier alpha value is -7.63. The van der Waals surface area contributed by atoms with Crippen molar-refractivity contribution in [2.24, 2.45) is 0 Å². The summed E-state index contributed by atoms with van der Waals surface area (Å²) in [5.41, 5.74) is 14.9. The predicted molar refractivity (Wildman–Crippen MR) is 242 cm³/mol. The van der Waals surface area contributed by atoms with E-state index in [-0.39, 0.29) is 5.41 Å². The number of benzene rings is 8. The molecule has 1 aliphatic carbocycles. The van der Waals surface area contributed by atoms with E-state index in [1.165, 1.54) is 49.6 Å². The number of fused-ring (bicyclic) bond motifs is 9. The number of aromatic nitrogens is 5. The molecule has 0 amide bonds.